The van der Waals surface area contributed by atoms with Crippen LogP contribution in [0.1, 0.15) is 18.7 Å². The number of nitrogens with two attached hydrogens (primary N) is 1. The van der Waals surface area contributed by atoms with E-state index in [-0.39, 0.29) is 11.7 Å². The van der Waals surface area contributed by atoms with Crippen molar-refractivity contribution in [3.8, 4) is 0 Å². The first kappa shape index (κ1) is 13.8. The molecule has 2 aromatic rings. The summed E-state index contributed by atoms with van der Waals surface area (Å²) in [5.74, 6) is 0.614. The Labute approximate surface area is 115 Å². The minimum atomic E-state index is -0.325. The molecule has 0 atom stereocenters. The third-order valence-electron chi connectivity index (χ3n) is 2.91. The first-order valence-corrected chi connectivity index (χ1v) is 6.64. The largest absolute Gasteiger partial charge is 0.370 e. The summed E-state index contributed by atoms with van der Waals surface area (Å²) in [6, 6.07) is 4.50. The number of benzene rings is 1. The fourth-order valence-electron chi connectivity index (χ4n) is 2.09. The Morgan fingerprint density at radius 1 is 1.47 bits per heavy atom. The van der Waals surface area contributed by atoms with Gasteiger partial charge in [0, 0.05) is 31.3 Å². The van der Waals surface area contributed by atoms with Gasteiger partial charge in [-0.3, -0.25) is 4.79 Å². The highest BCUT2D eigenvalue weighted by molar-refractivity contribution is 6.17. The van der Waals surface area contributed by atoms with Crippen LogP contribution in [-0.4, -0.2) is 21.3 Å². The third kappa shape index (κ3) is 3.23. The summed E-state index contributed by atoms with van der Waals surface area (Å²) in [6.07, 6.45) is 1.56. The lowest BCUT2D eigenvalue weighted by Crippen LogP contribution is -2.12. The van der Waals surface area contributed by atoms with Gasteiger partial charge in [0.1, 0.15) is 11.6 Å². The highest BCUT2D eigenvalue weighted by Crippen LogP contribution is 2.19. The summed E-state index contributed by atoms with van der Waals surface area (Å²) >= 11 is 5.75. The summed E-state index contributed by atoms with van der Waals surface area (Å²) in [4.78, 5) is 15.2. The molecule has 4 nitrogen and oxygen atoms in total. The molecule has 1 aromatic carbocycles. The van der Waals surface area contributed by atoms with E-state index in [1.54, 1.807) is 6.07 Å². The van der Waals surface area contributed by atoms with Gasteiger partial charge < -0.3 is 10.3 Å². The lowest BCUT2D eigenvalue weighted by atomic mass is 10.2. The Bertz CT molecular complexity index is 597. The van der Waals surface area contributed by atoms with Gasteiger partial charge in [0.15, 0.2) is 0 Å². The molecular weight excluding hydrogens is 269 g/mol. The van der Waals surface area contributed by atoms with Crippen LogP contribution >= 0.6 is 11.6 Å². The van der Waals surface area contributed by atoms with Crippen molar-refractivity contribution in [1.82, 2.24) is 9.55 Å². The molecule has 0 aliphatic carbocycles. The lowest BCUT2D eigenvalue weighted by Gasteiger charge is -2.07. The molecular formula is C13H15ClFN3O. The van der Waals surface area contributed by atoms with E-state index in [1.807, 2.05) is 4.57 Å². The topological polar surface area (TPSA) is 60.9 Å². The molecule has 0 fully saturated rings. The fraction of sp³-hybridized carbons (Fsp3) is 0.385. The van der Waals surface area contributed by atoms with Crippen molar-refractivity contribution < 1.29 is 9.18 Å². The molecule has 1 amide bonds. The van der Waals surface area contributed by atoms with Crippen LogP contribution in [-0.2, 0) is 17.8 Å². The minimum absolute atomic E-state index is 0.313. The number of imidazole rings is 1. The predicted octanol–water partition coefficient (Wildman–Crippen LogP) is 2.22. The van der Waals surface area contributed by atoms with E-state index in [2.05, 4.69) is 4.98 Å². The number of primary amides is 1. The number of halogens is 2. The molecule has 0 radical (unpaired) electrons. The number of nitrogens with zero attached hydrogens (tertiary/aromatic N) is 2. The number of aryl methyl sites for hydroxylation is 2. The second kappa shape index (κ2) is 6.02. The number of hydrogen-bond acceptors (Lipinski definition) is 2. The first-order valence-electron chi connectivity index (χ1n) is 6.10. The number of amides is 1. The van der Waals surface area contributed by atoms with E-state index in [0.29, 0.717) is 37.2 Å². The van der Waals surface area contributed by atoms with Gasteiger partial charge in [0.25, 0.3) is 0 Å². The second-order valence-electron chi connectivity index (χ2n) is 4.32. The quantitative estimate of drug-likeness (QED) is 0.826. The maximum atomic E-state index is 13.2. The molecule has 0 aliphatic heterocycles. The summed E-state index contributed by atoms with van der Waals surface area (Å²) < 4.78 is 15.2. The molecule has 0 bridgehead atoms. The predicted molar refractivity (Wildman–Crippen MR) is 72.5 cm³/mol. The van der Waals surface area contributed by atoms with Gasteiger partial charge in [-0.05, 0) is 18.6 Å². The zero-order chi connectivity index (χ0) is 13.8. The normalized spacial score (nSPS) is 11.1. The third-order valence-corrected chi connectivity index (χ3v) is 3.10. The number of fused-ring (bicyclic) bond motifs is 1. The summed E-state index contributed by atoms with van der Waals surface area (Å²) in [6.45, 7) is 0.622. The maximum Gasteiger partial charge on any atom is 0.217 e. The van der Waals surface area contributed by atoms with Gasteiger partial charge in [-0.1, -0.05) is 0 Å². The Hall–Kier alpha value is -1.62. The van der Waals surface area contributed by atoms with Crippen molar-refractivity contribution in [2.24, 2.45) is 5.73 Å². The van der Waals surface area contributed by atoms with E-state index in [0.717, 1.165) is 11.3 Å². The van der Waals surface area contributed by atoms with Crippen LogP contribution in [0.5, 0.6) is 0 Å². The van der Waals surface area contributed by atoms with Gasteiger partial charge in [0.2, 0.25) is 5.91 Å². The van der Waals surface area contributed by atoms with Crippen LogP contribution in [0.2, 0.25) is 0 Å². The molecule has 19 heavy (non-hydrogen) atoms. The average Bonchev–Trinajstić information content (AvgIpc) is 2.66. The molecule has 2 N–H and O–H groups in total. The van der Waals surface area contributed by atoms with Crippen molar-refractivity contribution in [2.75, 3.05) is 5.88 Å². The standard InChI is InChI=1S/C13H15ClFN3O/c14-6-5-13-17-10-8-9(15)3-4-11(10)18(13)7-1-2-12(16)19/h3-4,8H,1-2,5-7H2,(H2,16,19). The van der Waals surface area contributed by atoms with Gasteiger partial charge in [0.05, 0.1) is 11.0 Å². The van der Waals surface area contributed by atoms with Crippen molar-refractivity contribution >= 4 is 28.5 Å². The van der Waals surface area contributed by atoms with Crippen molar-refractivity contribution in [1.29, 1.82) is 0 Å². The second-order valence-corrected chi connectivity index (χ2v) is 4.70. The van der Waals surface area contributed by atoms with E-state index >= 15 is 0 Å². The number of rotatable bonds is 6. The van der Waals surface area contributed by atoms with Gasteiger partial charge in [-0.25, -0.2) is 9.37 Å². The molecule has 1 aromatic heterocycles. The Morgan fingerprint density at radius 3 is 2.95 bits per heavy atom. The van der Waals surface area contributed by atoms with Crippen LogP contribution in [0, 0.1) is 5.82 Å². The van der Waals surface area contributed by atoms with Gasteiger partial charge in [-0.2, -0.15) is 0 Å². The van der Waals surface area contributed by atoms with E-state index < -0.39 is 0 Å². The van der Waals surface area contributed by atoms with Crippen LogP contribution in [0.4, 0.5) is 4.39 Å². The zero-order valence-electron chi connectivity index (χ0n) is 10.4. The molecule has 102 valence electrons. The average molecular weight is 284 g/mol. The molecule has 2 rings (SSSR count). The number of aromatic nitrogens is 2. The summed E-state index contributed by atoms with van der Waals surface area (Å²) in [7, 11) is 0. The highest BCUT2D eigenvalue weighted by atomic mass is 35.5. The molecule has 1 heterocycles. The van der Waals surface area contributed by atoms with E-state index in [1.165, 1.54) is 12.1 Å². The highest BCUT2D eigenvalue weighted by Gasteiger charge is 2.11. The van der Waals surface area contributed by atoms with Crippen molar-refractivity contribution in [2.45, 2.75) is 25.8 Å². The maximum absolute atomic E-state index is 13.2. The van der Waals surface area contributed by atoms with Crippen LogP contribution < -0.4 is 5.73 Å². The molecule has 6 heteroatoms. The van der Waals surface area contributed by atoms with Gasteiger partial charge >= 0.3 is 0 Å². The molecule has 0 saturated heterocycles. The van der Waals surface area contributed by atoms with Crippen molar-refractivity contribution in [3.63, 3.8) is 0 Å². The lowest BCUT2D eigenvalue weighted by molar-refractivity contribution is -0.118. The molecule has 0 spiro atoms. The number of carbonyl (C=O) groups is 1. The zero-order valence-corrected chi connectivity index (χ0v) is 11.2. The number of carbonyl (C=O) groups excluding carboxylic acids is 1. The smallest absolute Gasteiger partial charge is 0.217 e. The first-order chi connectivity index (χ1) is 9.11. The number of hydrogen-bond donors (Lipinski definition) is 1. The van der Waals surface area contributed by atoms with E-state index in [4.69, 9.17) is 17.3 Å². The van der Waals surface area contributed by atoms with E-state index in [9.17, 15) is 9.18 Å². The summed E-state index contributed by atoms with van der Waals surface area (Å²) in [5, 5.41) is 0. The van der Waals surface area contributed by atoms with Crippen LogP contribution in [0.25, 0.3) is 11.0 Å². The fourth-order valence-corrected chi connectivity index (χ4v) is 2.26. The monoisotopic (exact) mass is 283 g/mol. The van der Waals surface area contributed by atoms with Crippen LogP contribution in [0.15, 0.2) is 18.2 Å². The summed E-state index contributed by atoms with van der Waals surface area (Å²) in [5.41, 5.74) is 6.59. The SMILES string of the molecule is NC(=O)CCCn1c(CCCl)nc2cc(F)ccc21. The Kier molecular flexibility index (Phi) is 4.37. The minimum Gasteiger partial charge on any atom is -0.370 e. The molecule has 0 aliphatic rings. The van der Waals surface area contributed by atoms with Crippen molar-refractivity contribution in [3.05, 3.63) is 29.8 Å². The Morgan fingerprint density at radius 2 is 2.26 bits per heavy atom. The molecule has 0 saturated carbocycles. The molecule has 0 unspecified atom stereocenters. The number of alkyl halides is 1. The van der Waals surface area contributed by atoms with Crippen LogP contribution in [0.3, 0.4) is 0 Å². The Balaban J connectivity index is 2.31. The van der Waals surface area contributed by atoms with Gasteiger partial charge in [-0.15, -0.1) is 11.6 Å².